The largest absolute Gasteiger partial charge is 0.433 e. The third-order valence-corrected chi connectivity index (χ3v) is 4.23. The number of hydrogen-bond donors (Lipinski definition) is 1. The van der Waals surface area contributed by atoms with Crippen LogP contribution in [0.5, 0.6) is 0 Å². The molecule has 2 aromatic rings. The van der Waals surface area contributed by atoms with Crippen molar-refractivity contribution in [1.29, 1.82) is 0 Å². The van der Waals surface area contributed by atoms with E-state index in [1.54, 1.807) is 0 Å². The minimum Gasteiger partial charge on any atom is -0.324 e. The average Bonchev–Trinajstić information content (AvgIpc) is 2.50. The second-order valence-corrected chi connectivity index (χ2v) is 6.16. The highest BCUT2D eigenvalue weighted by Crippen LogP contribution is 2.43. The number of nitrogens with zero attached hydrogens (tertiary/aromatic N) is 2. The van der Waals surface area contributed by atoms with Crippen LogP contribution in [0.4, 0.5) is 51.1 Å². The van der Waals surface area contributed by atoms with Gasteiger partial charge in [0, 0.05) is 13.1 Å². The van der Waals surface area contributed by atoms with Crippen LogP contribution in [0.3, 0.4) is 0 Å². The predicted octanol–water partition coefficient (Wildman–Crippen LogP) is 5.34. The molecule has 0 amide bonds. The molecule has 14 heteroatoms. The summed E-state index contributed by atoms with van der Waals surface area (Å²) >= 11 is 2.49. The fourth-order valence-corrected chi connectivity index (χ4v) is 2.56. The zero-order chi connectivity index (χ0) is 21.7. The summed E-state index contributed by atoms with van der Waals surface area (Å²) in [4.78, 5) is 14.7. The standard InChI is InChI=1S/C14H7BrF9N3O/c1-27-9(28)4-8(14(22,23)24)26-11(27)25-7-3-5(12(16,17)18)2-6(10(7)15)13(19,20)21/h2-4H,1H3,(H,25,26). The van der Waals surface area contributed by atoms with Crippen molar-refractivity contribution in [1.82, 2.24) is 9.55 Å². The van der Waals surface area contributed by atoms with Crippen LogP contribution in [0.15, 0.2) is 27.5 Å². The van der Waals surface area contributed by atoms with Crippen LogP contribution in [0.2, 0.25) is 0 Å². The maximum atomic E-state index is 13.1. The van der Waals surface area contributed by atoms with Crippen LogP contribution in [0.25, 0.3) is 0 Å². The van der Waals surface area contributed by atoms with Gasteiger partial charge in [0.05, 0.1) is 21.3 Å². The highest BCUT2D eigenvalue weighted by molar-refractivity contribution is 9.10. The van der Waals surface area contributed by atoms with Gasteiger partial charge < -0.3 is 5.32 Å². The Hall–Kier alpha value is -2.25. The van der Waals surface area contributed by atoms with E-state index < -0.39 is 57.0 Å². The molecule has 0 spiro atoms. The van der Waals surface area contributed by atoms with E-state index in [-0.39, 0.29) is 18.2 Å². The lowest BCUT2D eigenvalue weighted by atomic mass is 10.1. The van der Waals surface area contributed by atoms with Crippen LogP contribution in [-0.4, -0.2) is 9.55 Å². The van der Waals surface area contributed by atoms with Crippen LogP contribution in [0, 0.1) is 0 Å². The summed E-state index contributed by atoms with van der Waals surface area (Å²) in [5.74, 6) is -0.909. The van der Waals surface area contributed by atoms with Crippen molar-refractivity contribution in [2.24, 2.45) is 7.05 Å². The fraction of sp³-hybridized carbons (Fsp3) is 0.286. The van der Waals surface area contributed by atoms with Crippen molar-refractivity contribution in [3.8, 4) is 0 Å². The van der Waals surface area contributed by atoms with Crippen LogP contribution in [0.1, 0.15) is 16.8 Å². The average molecular weight is 484 g/mol. The molecule has 0 saturated carbocycles. The van der Waals surface area contributed by atoms with Crippen LogP contribution < -0.4 is 10.9 Å². The highest BCUT2D eigenvalue weighted by Gasteiger charge is 2.39. The molecule has 0 unspecified atom stereocenters. The number of hydrogen-bond acceptors (Lipinski definition) is 3. The summed E-state index contributed by atoms with van der Waals surface area (Å²) in [7, 11) is 0.935. The van der Waals surface area contributed by atoms with Gasteiger partial charge >= 0.3 is 18.5 Å². The van der Waals surface area contributed by atoms with Crippen molar-refractivity contribution in [2.45, 2.75) is 18.5 Å². The first-order chi connectivity index (χ1) is 12.5. The summed E-state index contributed by atoms with van der Waals surface area (Å²) in [6.45, 7) is 0. The Morgan fingerprint density at radius 1 is 0.929 bits per heavy atom. The first-order valence-electron chi connectivity index (χ1n) is 6.92. The lowest BCUT2D eigenvalue weighted by molar-refractivity contribution is -0.143. The zero-order valence-corrected chi connectivity index (χ0v) is 14.9. The quantitative estimate of drug-likeness (QED) is 0.586. The highest BCUT2D eigenvalue weighted by atomic mass is 79.9. The van der Waals surface area contributed by atoms with Gasteiger partial charge in [-0.2, -0.15) is 39.5 Å². The van der Waals surface area contributed by atoms with E-state index in [4.69, 9.17) is 0 Å². The molecule has 0 saturated heterocycles. The number of alkyl halides is 9. The fourth-order valence-electron chi connectivity index (χ4n) is 2.00. The Labute approximate surface area is 158 Å². The summed E-state index contributed by atoms with van der Waals surface area (Å²) in [6, 6.07) is 0.215. The molecule has 1 aromatic carbocycles. The summed E-state index contributed by atoms with van der Waals surface area (Å²) < 4.78 is 116. The molecular weight excluding hydrogens is 477 g/mol. The number of aromatic nitrogens is 2. The van der Waals surface area contributed by atoms with Gasteiger partial charge in [-0.25, -0.2) is 4.98 Å². The first kappa shape index (κ1) is 22.0. The van der Waals surface area contributed by atoms with E-state index in [2.05, 4.69) is 20.9 Å². The molecule has 0 aliphatic carbocycles. The molecule has 0 radical (unpaired) electrons. The molecule has 154 valence electrons. The molecule has 0 atom stereocenters. The van der Waals surface area contributed by atoms with Crippen molar-refractivity contribution in [3.63, 3.8) is 0 Å². The molecule has 0 bridgehead atoms. The summed E-state index contributed by atoms with van der Waals surface area (Å²) in [6.07, 6.45) is -15.4. The second kappa shape index (κ2) is 6.97. The summed E-state index contributed by atoms with van der Waals surface area (Å²) in [5, 5.41) is 1.92. The Morgan fingerprint density at radius 3 is 1.96 bits per heavy atom. The molecule has 1 N–H and O–H groups in total. The van der Waals surface area contributed by atoms with Gasteiger partial charge in [-0.3, -0.25) is 9.36 Å². The van der Waals surface area contributed by atoms with Crippen molar-refractivity contribution in [2.75, 3.05) is 5.32 Å². The Bertz CT molecular complexity index is 961. The second-order valence-electron chi connectivity index (χ2n) is 5.37. The minimum atomic E-state index is -5.20. The molecule has 2 rings (SSSR count). The van der Waals surface area contributed by atoms with Gasteiger partial charge in [-0.15, -0.1) is 0 Å². The minimum absolute atomic E-state index is 0.132. The molecule has 1 heterocycles. The molecule has 4 nitrogen and oxygen atoms in total. The van der Waals surface area contributed by atoms with Crippen molar-refractivity contribution in [3.05, 3.63) is 49.8 Å². The molecular formula is C14H7BrF9N3O. The van der Waals surface area contributed by atoms with Gasteiger partial charge in [0.1, 0.15) is 0 Å². The number of benzene rings is 1. The topological polar surface area (TPSA) is 46.9 Å². The van der Waals surface area contributed by atoms with Gasteiger partial charge in [-0.05, 0) is 28.1 Å². The van der Waals surface area contributed by atoms with Crippen molar-refractivity contribution < 1.29 is 39.5 Å². The Balaban J connectivity index is 2.70. The van der Waals surface area contributed by atoms with E-state index in [0.717, 1.165) is 7.05 Å². The lowest BCUT2D eigenvalue weighted by Crippen LogP contribution is -2.24. The third-order valence-electron chi connectivity index (χ3n) is 3.38. The van der Waals surface area contributed by atoms with E-state index in [9.17, 15) is 44.3 Å². The van der Waals surface area contributed by atoms with Gasteiger partial charge in [-0.1, -0.05) is 0 Å². The van der Waals surface area contributed by atoms with E-state index in [0.29, 0.717) is 4.57 Å². The number of rotatable bonds is 2. The molecule has 1 aromatic heterocycles. The predicted molar refractivity (Wildman–Crippen MR) is 81.9 cm³/mol. The smallest absolute Gasteiger partial charge is 0.324 e. The Morgan fingerprint density at radius 2 is 1.50 bits per heavy atom. The first-order valence-corrected chi connectivity index (χ1v) is 7.71. The lowest BCUT2D eigenvalue weighted by Gasteiger charge is -2.19. The summed E-state index contributed by atoms with van der Waals surface area (Å²) in [5.41, 5.74) is -7.21. The number of nitrogens with one attached hydrogen (secondary N) is 1. The monoisotopic (exact) mass is 483 g/mol. The van der Waals surface area contributed by atoms with Gasteiger partial charge in [0.25, 0.3) is 5.56 Å². The normalized spacial score (nSPS) is 13.0. The zero-order valence-electron chi connectivity index (χ0n) is 13.3. The van der Waals surface area contributed by atoms with E-state index in [1.165, 1.54) is 0 Å². The molecule has 0 fully saturated rings. The molecule has 0 aliphatic heterocycles. The van der Waals surface area contributed by atoms with E-state index in [1.807, 2.05) is 5.32 Å². The Kier molecular flexibility index (Phi) is 5.49. The molecule has 0 aliphatic rings. The van der Waals surface area contributed by atoms with Crippen LogP contribution in [-0.2, 0) is 25.6 Å². The van der Waals surface area contributed by atoms with Crippen molar-refractivity contribution >= 4 is 27.6 Å². The maximum Gasteiger partial charge on any atom is 0.433 e. The number of anilines is 2. The van der Waals surface area contributed by atoms with Gasteiger partial charge in [0.2, 0.25) is 5.95 Å². The SMILES string of the molecule is Cn1c(Nc2cc(C(F)(F)F)cc(C(F)(F)F)c2Br)nc(C(F)(F)F)cc1=O. The third kappa shape index (κ3) is 4.59. The maximum absolute atomic E-state index is 13.1. The van der Waals surface area contributed by atoms with Gasteiger partial charge in [0.15, 0.2) is 5.69 Å². The molecule has 28 heavy (non-hydrogen) atoms. The number of halogens is 10. The van der Waals surface area contributed by atoms with E-state index >= 15 is 0 Å². The van der Waals surface area contributed by atoms with Crippen LogP contribution >= 0.6 is 15.9 Å².